The van der Waals surface area contributed by atoms with E-state index in [2.05, 4.69) is 30.6 Å². The van der Waals surface area contributed by atoms with E-state index in [4.69, 9.17) is 0 Å². The normalized spacial score (nSPS) is 14.7. The van der Waals surface area contributed by atoms with Crippen LogP contribution in [-0.2, 0) is 4.79 Å². The molecule has 0 saturated carbocycles. The first-order valence-corrected chi connectivity index (χ1v) is 5.02. The lowest BCUT2D eigenvalue weighted by molar-refractivity contribution is -0.110. The number of amides is 1. The van der Waals surface area contributed by atoms with E-state index in [1.165, 1.54) is 0 Å². The maximum Gasteiger partial charge on any atom is 0.207 e. The monoisotopic (exact) mass is 198 g/mol. The molecule has 0 aliphatic rings. The Bertz CT molecular complexity index is 213. The van der Waals surface area contributed by atoms with Crippen LogP contribution in [0.1, 0.15) is 34.1 Å². The second kappa shape index (κ2) is 5.03. The van der Waals surface area contributed by atoms with Crippen LogP contribution in [0, 0.1) is 0 Å². The Labute approximate surface area is 87.2 Å². The summed E-state index contributed by atoms with van der Waals surface area (Å²) in [6.07, 6.45) is 1.57. The van der Waals surface area contributed by atoms with Gasteiger partial charge in [-0.15, -0.1) is 0 Å². The second-order valence-electron chi connectivity index (χ2n) is 4.10. The molecule has 1 N–H and O–H groups in total. The molecule has 0 saturated heterocycles. The minimum Gasteiger partial charge on any atom is -0.374 e. The summed E-state index contributed by atoms with van der Waals surface area (Å²) in [5, 5.41) is 2.82. The summed E-state index contributed by atoms with van der Waals surface area (Å²) >= 11 is 0. The molecule has 14 heavy (non-hydrogen) atoms. The summed E-state index contributed by atoms with van der Waals surface area (Å²) < 4.78 is 0. The van der Waals surface area contributed by atoms with E-state index in [9.17, 15) is 4.79 Å². The van der Waals surface area contributed by atoms with E-state index in [1.807, 2.05) is 20.9 Å². The highest BCUT2D eigenvalue weighted by Crippen LogP contribution is 2.22. The van der Waals surface area contributed by atoms with Gasteiger partial charge in [0.05, 0.1) is 5.54 Å². The molecule has 0 aromatic rings. The Morgan fingerprint density at radius 1 is 1.64 bits per heavy atom. The largest absolute Gasteiger partial charge is 0.374 e. The Balaban J connectivity index is 4.68. The minimum absolute atomic E-state index is 0.333. The summed E-state index contributed by atoms with van der Waals surface area (Å²) in [6, 6.07) is 0.391. The van der Waals surface area contributed by atoms with Gasteiger partial charge in [0.15, 0.2) is 0 Å². The van der Waals surface area contributed by atoms with Gasteiger partial charge in [0.2, 0.25) is 6.41 Å². The Hall–Kier alpha value is -0.990. The third-order valence-corrected chi connectivity index (χ3v) is 2.92. The van der Waals surface area contributed by atoms with E-state index in [0.717, 1.165) is 18.5 Å². The van der Waals surface area contributed by atoms with E-state index < -0.39 is 0 Å². The number of nitrogens with one attached hydrogen (secondary N) is 1. The zero-order chi connectivity index (χ0) is 11.4. The molecule has 0 radical (unpaired) electrons. The molecule has 0 spiro atoms. The average Bonchev–Trinajstić information content (AvgIpc) is 2.15. The van der Waals surface area contributed by atoms with Crippen LogP contribution >= 0.6 is 0 Å². The quantitative estimate of drug-likeness (QED) is 0.659. The van der Waals surface area contributed by atoms with Gasteiger partial charge in [-0.2, -0.15) is 0 Å². The molecule has 1 amide bonds. The predicted molar refractivity (Wildman–Crippen MR) is 59.9 cm³/mol. The maximum absolute atomic E-state index is 10.5. The molecule has 0 aliphatic heterocycles. The predicted octanol–water partition coefficient (Wildman–Crippen LogP) is 1.75. The molecule has 0 heterocycles. The first kappa shape index (κ1) is 13.0. The molecule has 1 unspecified atom stereocenters. The molecule has 0 rings (SSSR count). The van der Waals surface area contributed by atoms with Crippen molar-refractivity contribution >= 4 is 6.41 Å². The number of carbonyl (C=O) groups is 1. The lowest BCUT2D eigenvalue weighted by atomic mass is 9.94. The summed E-state index contributed by atoms with van der Waals surface area (Å²) in [5.41, 5.74) is 0.614. The van der Waals surface area contributed by atoms with Crippen molar-refractivity contribution in [2.24, 2.45) is 0 Å². The Morgan fingerprint density at radius 3 is 2.43 bits per heavy atom. The van der Waals surface area contributed by atoms with Crippen LogP contribution in [0.3, 0.4) is 0 Å². The highest BCUT2D eigenvalue weighted by atomic mass is 16.1. The smallest absolute Gasteiger partial charge is 0.207 e. The average molecular weight is 198 g/mol. The molecule has 82 valence electrons. The van der Waals surface area contributed by atoms with E-state index in [-0.39, 0.29) is 5.54 Å². The van der Waals surface area contributed by atoms with Gasteiger partial charge >= 0.3 is 0 Å². The summed E-state index contributed by atoms with van der Waals surface area (Å²) in [4.78, 5) is 12.6. The van der Waals surface area contributed by atoms with Crippen molar-refractivity contribution in [3.8, 4) is 0 Å². The fraction of sp³-hybridized carbons (Fsp3) is 0.727. The van der Waals surface area contributed by atoms with Crippen LogP contribution < -0.4 is 5.32 Å². The molecule has 0 fully saturated rings. The van der Waals surface area contributed by atoms with Gasteiger partial charge in [-0.25, -0.2) is 0 Å². The lowest BCUT2D eigenvalue weighted by Crippen LogP contribution is -2.48. The van der Waals surface area contributed by atoms with Crippen LogP contribution in [0.25, 0.3) is 0 Å². The number of carbonyl (C=O) groups excluding carboxylic acids is 1. The van der Waals surface area contributed by atoms with Gasteiger partial charge in [0.25, 0.3) is 0 Å². The van der Waals surface area contributed by atoms with Gasteiger partial charge in [0, 0.05) is 18.8 Å². The number of likely N-dealkylation sites (N-methyl/N-ethyl adjacent to an activating group) is 1. The summed E-state index contributed by atoms with van der Waals surface area (Å²) in [6.45, 7) is 12.3. The van der Waals surface area contributed by atoms with Crippen LogP contribution in [0.2, 0.25) is 0 Å². The van der Waals surface area contributed by atoms with Gasteiger partial charge in [-0.1, -0.05) is 13.5 Å². The minimum atomic E-state index is -0.333. The Kier molecular flexibility index (Phi) is 4.68. The fourth-order valence-corrected chi connectivity index (χ4v) is 1.22. The number of hydrogen-bond acceptors (Lipinski definition) is 2. The second-order valence-corrected chi connectivity index (χ2v) is 4.10. The molecule has 0 aromatic heterocycles. The Morgan fingerprint density at radius 2 is 2.14 bits per heavy atom. The third kappa shape index (κ3) is 2.76. The zero-order valence-electron chi connectivity index (χ0n) is 9.92. The van der Waals surface area contributed by atoms with Crippen molar-refractivity contribution in [2.45, 2.75) is 45.7 Å². The van der Waals surface area contributed by atoms with Crippen molar-refractivity contribution in [3.05, 3.63) is 12.3 Å². The van der Waals surface area contributed by atoms with Crippen molar-refractivity contribution in [1.82, 2.24) is 10.2 Å². The number of rotatable bonds is 6. The standard InChI is InChI=1S/C11H22N2O/c1-7-11(5,12-8-14)10(4)13(6)9(2)3/h8-9H,4,7H2,1-3,5-6H3,(H,12,14). The van der Waals surface area contributed by atoms with E-state index in [0.29, 0.717) is 6.04 Å². The van der Waals surface area contributed by atoms with Crippen LogP contribution in [0.15, 0.2) is 12.3 Å². The van der Waals surface area contributed by atoms with Crippen molar-refractivity contribution in [1.29, 1.82) is 0 Å². The molecule has 0 aromatic carbocycles. The van der Waals surface area contributed by atoms with Crippen LogP contribution in [0.4, 0.5) is 0 Å². The first-order valence-electron chi connectivity index (χ1n) is 5.02. The van der Waals surface area contributed by atoms with Gasteiger partial charge in [-0.3, -0.25) is 4.79 Å². The lowest BCUT2D eigenvalue weighted by Gasteiger charge is -2.38. The molecule has 0 aliphatic carbocycles. The maximum atomic E-state index is 10.5. The van der Waals surface area contributed by atoms with E-state index in [1.54, 1.807) is 0 Å². The highest BCUT2D eigenvalue weighted by molar-refractivity contribution is 5.49. The first-order chi connectivity index (χ1) is 6.39. The van der Waals surface area contributed by atoms with Crippen LogP contribution in [0.5, 0.6) is 0 Å². The molecule has 1 atom stereocenters. The summed E-state index contributed by atoms with van der Waals surface area (Å²) in [7, 11) is 1.99. The molecular weight excluding hydrogens is 176 g/mol. The summed E-state index contributed by atoms with van der Waals surface area (Å²) in [5.74, 6) is 0. The fourth-order valence-electron chi connectivity index (χ4n) is 1.22. The topological polar surface area (TPSA) is 32.3 Å². The molecule has 3 nitrogen and oxygen atoms in total. The van der Waals surface area contributed by atoms with Gasteiger partial charge < -0.3 is 10.2 Å². The van der Waals surface area contributed by atoms with Crippen LogP contribution in [-0.4, -0.2) is 29.9 Å². The molecule has 3 heteroatoms. The van der Waals surface area contributed by atoms with Crippen molar-refractivity contribution < 1.29 is 4.79 Å². The molecular formula is C11H22N2O. The van der Waals surface area contributed by atoms with E-state index >= 15 is 0 Å². The van der Waals surface area contributed by atoms with Gasteiger partial charge in [0.1, 0.15) is 0 Å². The van der Waals surface area contributed by atoms with Crippen molar-refractivity contribution in [3.63, 3.8) is 0 Å². The van der Waals surface area contributed by atoms with Gasteiger partial charge in [-0.05, 0) is 27.2 Å². The highest BCUT2D eigenvalue weighted by Gasteiger charge is 2.28. The molecule has 0 bridgehead atoms. The number of nitrogens with zero attached hydrogens (tertiary/aromatic N) is 1. The van der Waals surface area contributed by atoms with Crippen molar-refractivity contribution in [2.75, 3.05) is 7.05 Å². The number of hydrogen-bond donors (Lipinski definition) is 1. The zero-order valence-corrected chi connectivity index (χ0v) is 9.92. The SMILES string of the molecule is C=C(N(C)C(C)C)C(C)(CC)NC=O. The third-order valence-electron chi connectivity index (χ3n) is 2.92.